The summed E-state index contributed by atoms with van der Waals surface area (Å²) in [7, 11) is 0. The molecule has 16 heavy (non-hydrogen) atoms. The molecule has 0 aromatic carbocycles. The van der Waals surface area contributed by atoms with Crippen LogP contribution < -0.4 is 5.32 Å². The predicted molar refractivity (Wildman–Crippen MR) is 73.4 cm³/mol. The summed E-state index contributed by atoms with van der Waals surface area (Å²) in [4.78, 5) is 3.78. The van der Waals surface area contributed by atoms with E-state index < -0.39 is 0 Å². The van der Waals surface area contributed by atoms with Crippen molar-refractivity contribution >= 4 is 22.9 Å². The molecular weight excluding hydrogens is 240 g/mol. The third-order valence-corrected chi connectivity index (χ3v) is 3.80. The highest BCUT2D eigenvalue weighted by Crippen LogP contribution is 2.18. The van der Waals surface area contributed by atoms with E-state index in [4.69, 9.17) is 11.6 Å². The van der Waals surface area contributed by atoms with Gasteiger partial charge in [0, 0.05) is 29.9 Å². The van der Waals surface area contributed by atoms with Gasteiger partial charge in [0.1, 0.15) is 0 Å². The van der Waals surface area contributed by atoms with Gasteiger partial charge in [-0.05, 0) is 25.6 Å². The minimum atomic E-state index is 0.850. The van der Waals surface area contributed by atoms with E-state index in [0.29, 0.717) is 0 Å². The molecule has 0 unspecified atom stereocenters. The zero-order chi connectivity index (χ0) is 11.8. The normalized spacial score (nSPS) is 11.2. The SMILES string of the molecule is CCCN(CC)CCNCc1cc(Cl)cs1. The molecule has 4 heteroatoms. The second kappa shape index (κ2) is 8.07. The van der Waals surface area contributed by atoms with Gasteiger partial charge in [0.05, 0.1) is 5.02 Å². The van der Waals surface area contributed by atoms with Crippen molar-refractivity contribution in [2.75, 3.05) is 26.2 Å². The Morgan fingerprint density at radius 1 is 1.38 bits per heavy atom. The van der Waals surface area contributed by atoms with E-state index in [9.17, 15) is 0 Å². The molecule has 0 radical (unpaired) electrons. The lowest BCUT2D eigenvalue weighted by Crippen LogP contribution is -2.32. The standard InChI is InChI=1S/C12H21ClN2S/c1-3-6-15(4-2)7-5-14-9-12-8-11(13)10-16-12/h8,10,14H,3-7,9H2,1-2H3. The van der Waals surface area contributed by atoms with Crippen LogP contribution in [0.2, 0.25) is 5.02 Å². The van der Waals surface area contributed by atoms with Gasteiger partial charge in [0.2, 0.25) is 0 Å². The Hall–Kier alpha value is -0.0900. The molecule has 0 bridgehead atoms. The Kier molecular flexibility index (Phi) is 7.05. The number of likely N-dealkylation sites (N-methyl/N-ethyl adjacent to an activating group) is 1. The van der Waals surface area contributed by atoms with Crippen LogP contribution in [0.25, 0.3) is 0 Å². The quantitative estimate of drug-likeness (QED) is 0.722. The van der Waals surface area contributed by atoms with E-state index in [1.54, 1.807) is 11.3 Å². The number of nitrogens with one attached hydrogen (secondary N) is 1. The fourth-order valence-corrected chi connectivity index (χ4v) is 2.68. The summed E-state index contributed by atoms with van der Waals surface area (Å²) in [5.41, 5.74) is 0. The Balaban J connectivity index is 2.11. The minimum Gasteiger partial charge on any atom is -0.311 e. The van der Waals surface area contributed by atoms with Crippen LogP contribution in [-0.4, -0.2) is 31.1 Å². The first-order valence-corrected chi connectivity index (χ1v) is 7.18. The number of nitrogens with zero attached hydrogens (tertiary/aromatic N) is 1. The highest BCUT2D eigenvalue weighted by molar-refractivity contribution is 7.10. The molecule has 0 fully saturated rings. The maximum Gasteiger partial charge on any atom is 0.0516 e. The molecule has 1 rings (SSSR count). The molecule has 1 N–H and O–H groups in total. The van der Waals surface area contributed by atoms with Gasteiger partial charge >= 0.3 is 0 Å². The van der Waals surface area contributed by atoms with Gasteiger partial charge in [-0.3, -0.25) is 0 Å². The molecule has 0 atom stereocenters. The lowest BCUT2D eigenvalue weighted by Gasteiger charge is -2.19. The summed E-state index contributed by atoms with van der Waals surface area (Å²) < 4.78 is 0. The predicted octanol–water partition coefficient (Wildman–Crippen LogP) is 3.22. The van der Waals surface area contributed by atoms with Crippen molar-refractivity contribution in [3.05, 3.63) is 21.3 Å². The molecule has 92 valence electrons. The largest absolute Gasteiger partial charge is 0.311 e. The van der Waals surface area contributed by atoms with Crippen molar-refractivity contribution in [3.63, 3.8) is 0 Å². The molecule has 0 amide bonds. The average Bonchev–Trinajstić information content (AvgIpc) is 2.69. The van der Waals surface area contributed by atoms with Gasteiger partial charge in [-0.2, -0.15) is 0 Å². The summed E-state index contributed by atoms with van der Waals surface area (Å²) in [5.74, 6) is 0. The molecule has 2 nitrogen and oxygen atoms in total. The molecule has 0 aliphatic rings. The number of halogens is 1. The topological polar surface area (TPSA) is 15.3 Å². The molecule has 1 aromatic heterocycles. The number of rotatable bonds is 8. The number of hydrogen-bond donors (Lipinski definition) is 1. The molecule has 1 aromatic rings. The van der Waals surface area contributed by atoms with Crippen molar-refractivity contribution < 1.29 is 0 Å². The van der Waals surface area contributed by atoms with Crippen LogP contribution in [0, 0.1) is 0 Å². The van der Waals surface area contributed by atoms with Crippen molar-refractivity contribution in [2.45, 2.75) is 26.8 Å². The van der Waals surface area contributed by atoms with E-state index >= 15 is 0 Å². The highest BCUT2D eigenvalue weighted by Gasteiger charge is 2.00. The van der Waals surface area contributed by atoms with Crippen LogP contribution in [0.3, 0.4) is 0 Å². The van der Waals surface area contributed by atoms with E-state index in [1.165, 1.54) is 17.8 Å². The first-order valence-electron chi connectivity index (χ1n) is 5.92. The Bertz CT molecular complexity index is 288. The van der Waals surface area contributed by atoms with Crippen LogP contribution in [0.15, 0.2) is 11.4 Å². The molecule has 1 heterocycles. The molecular formula is C12H21ClN2S. The summed E-state index contributed by atoms with van der Waals surface area (Å²) in [5, 5.41) is 6.28. The van der Waals surface area contributed by atoms with Crippen molar-refractivity contribution in [2.24, 2.45) is 0 Å². The number of hydrogen-bond acceptors (Lipinski definition) is 3. The third-order valence-electron chi connectivity index (χ3n) is 2.51. The van der Waals surface area contributed by atoms with Crippen LogP contribution in [0.1, 0.15) is 25.1 Å². The monoisotopic (exact) mass is 260 g/mol. The van der Waals surface area contributed by atoms with Crippen molar-refractivity contribution in [1.82, 2.24) is 10.2 Å². The highest BCUT2D eigenvalue weighted by atomic mass is 35.5. The molecule has 0 saturated carbocycles. The van der Waals surface area contributed by atoms with Gasteiger partial charge in [0.15, 0.2) is 0 Å². The zero-order valence-electron chi connectivity index (χ0n) is 10.1. The lowest BCUT2D eigenvalue weighted by atomic mass is 10.4. The molecule has 0 spiro atoms. The molecule has 0 aliphatic carbocycles. The molecule has 0 saturated heterocycles. The van der Waals surface area contributed by atoms with Gasteiger partial charge < -0.3 is 10.2 Å². The van der Waals surface area contributed by atoms with Gasteiger partial charge in [-0.15, -0.1) is 11.3 Å². The van der Waals surface area contributed by atoms with Crippen LogP contribution in [-0.2, 0) is 6.54 Å². The maximum absolute atomic E-state index is 5.86. The van der Waals surface area contributed by atoms with Crippen molar-refractivity contribution in [1.29, 1.82) is 0 Å². The van der Waals surface area contributed by atoms with Gasteiger partial charge in [-0.1, -0.05) is 25.4 Å². The fourth-order valence-electron chi connectivity index (χ4n) is 1.64. The summed E-state index contributed by atoms with van der Waals surface area (Å²) in [6, 6.07) is 2.03. The van der Waals surface area contributed by atoms with E-state index in [-0.39, 0.29) is 0 Å². The Labute approximate surface area is 108 Å². The summed E-state index contributed by atoms with van der Waals surface area (Å²) in [6.07, 6.45) is 1.23. The van der Waals surface area contributed by atoms with Crippen LogP contribution in [0.4, 0.5) is 0 Å². The van der Waals surface area contributed by atoms with E-state index in [0.717, 1.165) is 31.2 Å². The smallest absolute Gasteiger partial charge is 0.0516 e. The molecule has 0 aliphatic heterocycles. The van der Waals surface area contributed by atoms with Crippen LogP contribution in [0.5, 0.6) is 0 Å². The summed E-state index contributed by atoms with van der Waals surface area (Å²) >= 11 is 7.58. The first-order chi connectivity index (χ1) is 7.76. The average molecular weight is 261 g/mol. The minimum absolute atomic E-state index is 0.850. The van der Waals surface area contributed by atoms with Gasteiger partial charge in [0.25, 0.3) is 0 Å². The van der Waals surface area contributed by atoms with Crippen molar-refractivity contribution in [3.8, 4) is 0 Å². The maximum atomic E-state index is 5.86. The summed E-state index contributed by atoms with van der Waals surface area (Å²) in [6.45, 7) is 9.88. The number of thiophene rings is 1. The van der Waals surface area contributed by atoms with Crippen LogP contribution >= 0.6 is 22.9 Å². The van der Waals surface area contributed by atoms with E-state index in [2.05, 4.69) is 24.1 Å². The Morgan fingerprint density at radius 3 is 2.75 bits per heavy atom. The Morgan fingerprint density at radius 2 is 2.19 bits per heavy atom. The second-order valence-corrected chi connectivity index (χ2v) is 5.27. The fraction of sp³-hybridized carbons (Fsp3) is 0.667. The van der Waals surface area contributed by atoms with E-state index in [1.807, 2.05) is 11.4 Å². The third kappa shape index (κ3) is 5.30. The van der Waals surface area contributed by atoms with Gasteiger partial charge in [-0.25, -0.2) is 0 Å². The lowest BCUT2D eigenvalue weighted by molar-refractivity contribution is 0.287. The second-order valence-electron chi connectivity index (χ2n) is 3.84. The first kappa shape index (κ1) is 14.0. The zero-order valence-corrected chi connectivity index (χ0v) is 11.7.